The molecule has 1 aromatic carbocycles. The number of nitrogens with zero attached hydrogens (tertiary/aromatic N) is 3. The van der Waals surface area contributed by atoms with Gasteiger partial charge in [-0.1, -0.05) is 31.2 Å². The second-order valence-electron chi connectivity index (χ2n) is 5.61. The molecule has 19 heavy (non-hydrogen) atoms. The fraction of sp³-hybridized carbons (Fsp3) is 0.467. The lowest BCUT2D eigenvalue weighted by molar-refractivity contribution is 0.250. The van der Waals surface area contributed by atoms with Gasteiger partial charge in [-0.15, -0.1) is 10.2 Å². The van der Waals surface area contributed by atoms with Gasteiger partial charge in [0.05, 0.1) is 0 Å². The molecule has 2 aromatic rings. The molecule has 0 amide bonds. The molecule has 0 bridgehead atoms. The molecule has 0 radical (unpaired) electrons. The van der Waals surface area contributed by atoms with Crippen LogP contribution in [0.4, 0.5) is 0 Å². The molecule has 0 aliphatic heterocycles. The number of hydrogen-bond donors (Lipinski definition) is 1. The topological polar surface area (TPSA) is 50.9 Å². The van der Waals surface area contributed by atoms with Crippen molar-refractivity contribution < 1.29 is 5.11 Å². The minimum absolute atomic E-state index is 0.0986. The SMILES string of the molecule is CCc1ccccc1-c1nnc(CO)n1C(C)(C)C. The molecule has 1 heterocycles. The van der Waals surface area contributed by atoms with Crippen LogP contribution in [0.5, 0.6) is 0 Å². The van der Waals surface area contributed by atoms with E-state index in [1.54, 1.807) is 0 Å². The molecule has 4 nitrogen and oxygen atoms in total. The molecule has 0 fully saturated rings. The monoisotopic (exact) mass is 259 g/mol. The van der Waals surface area contributed by atoms with E-state index in [9.17, 15) is 5.11 Å². The number of hydrogen-bond acceptors (Lipinski definition) is 3. The van der Waals surface area contributed by atoms with Gasteiger partial charge in [0.15, 0.2) is 11.6 Å². The Bertz CT molecular complexity index is 567. The smallest absolute Gasteiger partial charge is 0.164 e. The normalized spacial score (nSPS) is 11.8. The maximum Gasteiger partial charge on any atom is 0.164 e. The molecule has 0 spiro atoms. The van der Waals surface area contributed by atoms with Gasteiger partial charge in [-0.05, 0) is 32.8 Å². The van der Waals surface area contributed by atoms with E-state index in [-0.39, 0.29) is 12.1 Å². The van der Waals surface area contributed by atoms with E-state index in [1.807, 2.05) is 16.7 Å². The third-order valence-corrected chi connectivity index (χ3v) is 3.18. The van der Waals surface area contributed by atoms with Crippen LogP contribution in [-0.4, -0.2) is 19.9 Å². The molecule has 1 N–H and O–H groups in total. The molecular weight excluding hydrogens is 238 g/mol. The van der Waals surface area contributed by atoms with Crippen molar-refractivity contribution in [3.63, 3.8) is 0 Å². The van der Waals surface area contributed by atoms with Crippen molar-refractivity contribution in [2.75, 3.05) is 0 Å². The largest absolute Gasteiger partial charge is 0.388 e. The van der Waals surface area contributed by atoms with Crippen molar-refractivity contribution in [3.8, 4) is 11.4 Å². The summed E-state index contributed by atoms with van der Waals surface area (Å²) >= 11 is 0. The first-order valence-corrected chi connectivity index (χ1v) is 6.63. The summed E-state index contributed by atoms with van der Waals surface area (Å²) in [7, 11) is 0. The van der Waals surface area contributed by atoms with E-state index < -0.39 is 0 Å². The first-order valence-electron chi connectivity index (χ1n) is 6.63. The zero-order chi connectivity index (χ0) is 14.0. The Morgan fingerprint density at radius 3 is 2.42 bits per heavy atom. The van der Waals surface area contributed by atoms with Gasteiger partial charge in [0, 0.05) is 11.1 Å². The van der Waals surface area contributed by atoms with Gasteiger partial charge in [-0.25, -0.2) is 0 Å². The van der Waals surface area contributed by atoms with Crippen LogP contribution in [-0.2, 0) is 18.6 Å². The van der Waals surface area contributed by atoms with Crippen LogP contribution < -0.4 is 0 Å². The molecule has 0 aliphatic rings. The molecular formula is C15H21N3O. The predicted octanol–water partition coefficient (Wildman–Crippen LogP) is 2.75. The number of aromatic nitrogens is 3. The van der Waals surface area contributed by atoms with Crippen molar-refractivity contribution in [3.05, 3.63) is 35.7 Å². The van der Waals surface area contributed by atoms with Gasteiger partial charge in [-0.2, -0.15) is 0 Å². The molecule has 0 unspecified atom stereocenters. The Kier molecular flexibility index (Phi) is 3.71. The average Bonchev–Trinajstić information content (AvgIpc) is 2.82. The van der Waals surface area contributed by atoms with Crippen molar-refractivity contribution >= 4 is 0 Å². The van der Waals surface area contributed by atoms with Crippen molar-refractivity contribution in [2.24, 2.45) is 0 Å². The van der Waals surface area contributed by atoms with E-state index in [2.05, 4.69) is 50.0 Å². The summed E-state index contributed by atoms with van der Waals surface area (Å²) in [6, 6.07) is 8.21. The predicted molar refractivity (Wildman–Crippen MR) is 75.8 cm³/mol. The Labute approximate surface area is 114 Å². The van der Waals surface area contributed by atoms with Gasteiger partial charge in [0.2, 0.25) is 0 Å². The maximum atomic E-state index is 9.45. The summed E-state index contributed by atoms with van der Waals surface area (Å²) in [4.78, 5) is 0. The second-order valence-corrected chi connectivity index (χ2v) is 5.61. The lowest BCUT2D eigenvalue weighted by Crippen LogP contribution is -2.25. The Morgan fingerprint density at radius 2 is 1.84 bits per heavy atom. The molecule has 2 rings (SSSR count). The first kappa shape index (κ1) is 13.7. The lowest BCUT2D eigenvalue weighted by atomic mass is 10.0. The Balaban J connectivity index is 2.66. The zero-order valence-corrected chi connectivity index (χ0v) is 12.0. The van der Waals surface area contributed by atoms with Crippen LogP contribution in [0, 0.1) is 0 Å². The molecule has 4 heteroatoms. The summed E-state index contributed by atoms with van der Waals surface area (Å²) in [6.07, 6.45) is 0.946. The van der Waals surface area contributed by atoms with E-state index in [1.165, 1.54) is 5.56 Å². The molecule has 1 aromatic heterocycles. The van der Waals surface area contributed by atoms with Crippen molar-refractivity contribution in [1.29, 1.82) is 0 Å². The molecule has 0 saturated carbocycles. The number of aliphatic hydroxyl groups excluding tert-OH is 1. The summed E-state index contributed by atoms with van der Waals surface area (Å²) < 4.78 is 2.02. The zero-order valence-electron chi connectivity index (χ0n) is 12.0. The van der Waals surface area contributed by atoms with Crippen molar-refractivity contribution in [1.82, 2.24) is 14.8 Å². The van der Waals surface area contributed by atoms with E-state index in [4.69, 9.17) is 0 Å². The first-order chi connectivity index (χ1) is 8.99. The average molecular weight is 259 g/mol. The minimum atomic E-state index is -0.169. The number of benzene rings is 1. The summed E-state index contributed by atoms with van der Waals surface area (Å²) in [5.74, 6) is 1.43. The van der Waals surface area contributed by atoms with Crippen LogP contribution in [0.2, 0.25) is 0 Å². The number of aryl methyl sites for hydroxylation is 1. The second kappa shape index (κ2) is 5.13. The lowest BCUT2D eigenvalue weighted by Gasteiger charge is -2.25. The molecule has 0 saturated heterocycles. The molecule has 0 atom stereocenters. The highest BCUT2D eigenvalue weighted by molar-refractivity contribution is 5.61. The number of rotatable bonds is 3. The molecule has 102 valence electrons. The fourth-order valence-corrected chi connectivity index (χ4v) is 2.35. The van der Waals surface area contributed by atoms with Gasteiger partial charge in [-0.3, -0.25) is 0 Å². The van der Waals surface area contributed by atoms with Crippen molar-refractivity contribution in [2.45, 2.75) is 46.3 Å². The Hall–Kier alpha value is -1.68. The van der Waals surface area contributed by atoms with Crippen LogP contribution in [0.3, 0.4) is 0 Å². The standard InChI is InChI=1S/C15H21N3O/c1-5-11-8-6-7-9-12(11)14-17-16-13(10-19)18(14)15(2,3)4/h6-9,19H,5,10H2,1-4H3. The van der Waals surface area contributed by atoms with Gasteiger partial charge in [0.1, 0.15) is 6.61 Å². The summed E-state index contributed by atoms with van der Waals surface area (Å²) in [6.45, 7) is 8.30. The highest BCUT2D eigenvalue weighted by Crippen LogP contribution is 2.28. The summed E-state index contributed by atoms with van der Waals surface area (Å²) in [5, 5.41) is 17.8. The minimum Gasteiger partial charge on any atom is -0.388 e. The van der Waals surface area contributed by atoms with Crippen LogP contribution in [0.1, 0.15) is 39.1 Å². The quantitative estimate of drug-likeness (QED) is 0.922. The molecule has 0 aliphatic carbocycles. The highest BCUT2D eigenvalue weighted by atomic mass is 16.3. The van der Waals surface area contributed by atoms with E-state index in [0.29, 0.717) is 5.82 Å². The van der Waals surface area contributed by atoms with E-state index in [0.717, 1.165) is 17.8 Å². The summed E-state index contributed by atoms with van der Waals surface area (Å²) in [5.41, 5.74) is 2.16. The Morgan fingerprint density at radius 1 is 1.16 bits per heavy atom. The van der Waals surface area contributed by atoms with Crippen LogP contribution in [0.25, 0.3) is 11.4 Å². The van der Waals surface area contributed by atoms with E-state index >= 15 is 0 Å². The van der Waals surface area contributed by atoms with Crippen LogP contribution in [0.15, 0.2) is 24.3 Å². The third kappa shape index (κ3) is 2.54. The van der Waals surface area contributed by atoms with Gasteiger partial charge in [0.25, 0.3) is 0 Å². The highest BCUT2D eigenvalue weighted by Gasteiger charge is 2.24. The maximum absolute atomic E-state index is 9.45. The fourth-order valence-electron chi connectivity index (χ4n) is 2.35. The number of aliphatic hydroxyl groups is 1. The third-order valence-electron chi connectivity index (χ3n) is 3.18. The van der Waals surface area contributed by atoms with Gasteiger partial charge >= 0.3 is 0 Å². The van der Waals surface area contributed by atoms with Crippen LogP contribution >= 0.6 is 0 Å². The van der Waals surface area contributed by atoms with Gasteiger partial charge < -0.3 is 9.67 Å².